The van der Waals surface area contributed by atoms with Crippen molar-refractivity contribution in [2.24, 2.45) is 11.8 Å². The van der Waals surface area contributed by atoms with Gasteiger partial charge in [-0.1, -0.05) is 0 Å². The van der Waals surface area contributed by atoms with Gasteiger partial charge in [0.2, 0.25) is 6.29 Å². The van der Waals surface area contributed by atoms with Crippen LogP contribution in [0.2, 0.25) is 0 Å². The zero-order valence-corrected chi connectivity index (χ0v) is 14.1. The van der Waals surface area contributed by atoms with Crippen LogP contribution in [-0.2, 0) is 19.0 Å². The Kier molecular flexibility index (Phi) is 5.39. The lowest BCUT2D eigenvalue weighted by molar-refractivity contribution is -0.347. The number of fused-ring (bicyclic) bond motifs is 1. The van der Waals surface area contributed by atoms with Crippen molar-refractivity contribution in [1.82, 2.24) is 0 Å². The first-order valence-corrected chi connectivity index (χ1v) is 8.39. The predicted octanol–water partition coefficient (Wildman–Crippen LogP) is -3.01. The maximum Gasteiger partial charge on any atom is 0.208 e. The fourth-order valence-electron chi connectivity index (χ4n) is 3.93. The number of carbonyl (C=O) groups is 1. The van der Waals surface area contributed by atoms with Gasteiger partial charge in [0.05, 0.1) is 30.5 Å². The van der Waals surface area contributed by atoms with Gasteiger partial charge in [0.15, 0.2) is 6.29 Å². The summed E-state index contributed by atoms with van der Waals surface area (Å²) in [4.78, 5) is 11.2. The van der Waals surface area contributed by atoms with Gasteiger partial charge < -0.3 is 44.8 Å². The molecule has 10 nitrogen and oxygen atoms in total. The molecule has 3 rings (SSSR count). The van der Waals surface area contributed by atoms with Crippen LogP contribution in [-0.4, -0.2) is 92.2 Å². The first-order valence-electron chi connectivity index (χ1n) is 8.39. The number of rotatable bonds is 4. The first kappa shape index (κ1) is 19.6. The second-order valence-electron chi connectivity index (χ2n) is 7.18. The van der Waals surface area contributed by atoms with E-state index in [0.717, 1.165) is 6.26 Å². The van der Waals surface area contributed by atoms with Crippen molar-refractivity contribution >= 4 is 6.29 Å². The quantitative estimate of drug-likeness (QED) is 0.278. The minimum absolute atomic E-state index is 0.125. The third-order valence-corrected chi connectivity index (χ3v) is 5.57. The topological polar surface area (TPSA) is 166 Å². The summed E-state index contributed by atoms with van der Waals surface area (Å²) in [6, 6.07) is 0. The highest BCUT2D eigenvalue weighted by atomic mass is 16.8. The molecule has 148 valence electrons. The average Bonchev–Trinajstić information content (AvgIpc) is 2.85. The summed E-state index contributed by atoms with van der Waals surface area (Å²) in [5, 5.41) is 59.8. The fraction of sp³-hybridized carbons (Fsp3) is 0.812. The lowest BCUT2D eigenvalue weighted by atomic mass is 9.81. The fourth-order valence-corrected chi connectivity index (χ4v) is 3.93. The van der Waals surface area contributed by atoms with E-state index in [1.165, 1.54) is 6.92 Å². The molecule has 10 unspecified atom stereocenters. The monoisotopic (exact) mass is 376 g/mol. The minimum Gasteiger partial charge on any atom is -0.472 e. The van der Waals surface area contributed by atoms with Gasteiger partial charge in [-0.25, -0.2) is 0 Å². The molecule has 0 amide bonds. The van der Waals surface area contributed by atoms with Crippen molar-refractivity contribution in [3.63, 3.8) is 0 Å². The van der Waals surface area contributed by atoms with Crippen LogP contribution in [0.3, 0.4) is 0 Å². The Hall–Kier alpha value is -1.11. The van der Waals surface area contributed by atoms with Crippen LogP contribution >= 0.6 is 0 Å². The van der Waals surface area contributed by atoms with Gasteiger partial charge in [-0.05, 0) is 13.3 Å². The number of hydrogen-bond acceptors (Lipinski definition) is 10. The molecule has 2 heterocycles. The van der Waals surface area contributed by atoms with E-state index in [1.54, 1.807) is 0 Å². The molecule has 10 heteroatoms. The first-order chi connectivity index (χ1) is 12.2. The Morgan fingerprint density at radius 2 is 1.92 bits per heavy atom. The number of aldehydes is 1. The molecule has 6 N–H and O–H groups in total. The summed E-state index contributed by atoms with van der Waals surface area (Å²) in [6.45, 7) is 0.775. The molecule has 3 aliphatic rings. The number of ether oxygens (including phenoxy) is 3. The molecule has 1 saturated carbocycles. The lowest BCUT2D eigenvalue weighted by Crippen LogP contribution is -2.61. The summed E-state index contributed by atoms with van der Waals surface area (Å²) in [5.41, 5.74) is -1.37. The van der Waals surface area contributed by atoms with Crippen LogP contribution in [0.5, 0.6) is 0 Å². The zero-order valence-electron chi connectivity index (χ0n) is 14.1. The van der Waals surface area contributed by atoms with Gasteiger partial charge in [-0.2, -0.15) is 0 Å². The molecule has 0 aromatic rings. The Morgan fingerprint density at radius 1 is 1.23 bits per heavy atom. The molecule has 0 aromatic heterocycles. The molecule has 0 spiro atoms. The average molecular weight is 376 g/mol. The molecule has 1 saturated heterocycles. The lowest BCUT2D eigenvalue weighted by Gasteiger charge is -2.44. The maximum atomic E-state index is 11.2. The van der Waals surface area contributed by atoms with Crippen LogP contribution in [0, 0.1) is 11.8 Å². The highest BCUT2D eigenvalue weighted by Crippen LogP contribution is 2.49. The summed E-state index contributed by atoms with van der Waals surface area (Å²) >= 11 is 0. The van der Waals surface area contributed by atoms with Crippen molar-refractivity contribution in [3.8, 4) is 0 Å². The van der Waals surface area contributed by atoms with Crippen molar-refractivity contribution in [3.05, 3.63) is 11.8 Å². The normalized spacial score (nSPS) is 51.3. The Balaban J connectivity index is 1.82. The summed E-state index contributed by atoms with van der Waals surface area (Å²) in [5.74, 6) is -1.36. The molecule has 1 aliphatic carbocycles. The molecular formula is C16H24O10. The van der Waals surface area contributed by atoms with Crippen LogP contribution in [0.25, 0.3) is 0 Å². The Bertz CT molecular complexity index is 561. The third-order valence-electron chi connectivity index (χ3n) is 5.57. The third kappa shape index (κ3) is 3.06. The second-order valence-corrected chi connectivity index (χ2v) is 7.18. The zero-order chi connectivity index (χ0) is 19.2. The van der Waals surface area contributed by atoms with Crippen molar-refractivity contribution in [2.75, 3.05) is 6.61 Å². The molecule has 0 radical (unpaired) electrons. The summed E-state index contributed by atoms with van der Waals surface area (Å²) in [7, 11) is 0. The Labute approximate surface area is 149 Å². The molecule has 10 atom stereocenters. The van der Waals surface area contributed by atoms with E-state index in [1.807, 2.05) is 0 Å². The van der Waals surface area contributed by atoms with E-state index < -0.39 is 67.1 Å². The van der Waals surface area contributed by atoms with E-state index in [9.17, 15) is 35.4 Å². The van der Waals surface area contributed by atoms with E-state index in [2.05, 4.69) is 0 Å². The second kappa shape index (κ2) is 7.13. The highest BCUT2D eigenvalue weighted by Gasteiger charge is 2.58. The van der Waals surface area contributed by atoms with Gasteiger partial charge in [0.25, 0.3) is 0 Å². The molecule has 2 aliphatic heterocycles. The maximum absolute atomic E-state index is 11.2. The highest BCUT2D eigenvalue weighted by molar-refractivity contribution is 5.74. The van der Waals surface area contributed by atoms with Gasteiger partial charge in [0, 0.05) is 11.5 Å². The van der Waals surface area contributed by atoms with Gasteiger partial charge in [-0.3, -0.25) is 4.79 Å². The van der Waals surface area contributed by atoms with E-state index in [4.69, 9.17) is 14.2 Å². The number of allylic oxidation sites excluding steroid dienone is 1. The van der Waals surface area contributed by atoms with Crippen LogP contribution in [0.15, 0.2) is 11.8 Å². The number of carbonyl (C=O) groups excluding carboxylic acids is 1. The molecular weight excluding hydrogens is 352 g/mol. The standard InChI is InChI=1S/C16H24O10/c1-16(23)9(19)2-7-6(3-17)5-24-14(10(7)16)26-15-13(22)12(21)11(20)8(4-18)25-15/h3,5,7-15,18-23H,2,4H2,1H3. The smallest absolute Gasteiger partial charge is 0.208 e. The van der Waals surface area contributed by atoms with Gasteiger partial charge in [0.1, 0.15) is 30.7 Å². The van der Waals surface area contributed by atoms with E-state index in [-0.39, 0.29) is 12.0 Å². The molecule has 26 heavy (non-hydrogen) atoms. The van der Waals surface area contributed by atoms with Crippen molar-refractivity contribution < 1.29 is 49.6 Å². The number of aliphatic hydroxyl groups is 6. The molecule has 2 fully saturated rings. The minimum atomic E-state index is -1.64. The van der Waals surface area contributed by atoms with Crippen LogP contribution < -0.4 is 0 Å². The van der Waals surface area contributed by atoms with Crippen molar-refractivity contribution in [1.29, 1.82) is 0 Å². The van der Waals surface area contributed by atoms with E-state index >= 15 is 0 Å². The van der Waals surface area contributed by atoms with E-state index in [0.29, 0.717) is 6.29 Å². The number of aliphatic hydroxyl groups excluding tert-OH is 5. The predicted molar refractivity (Wildman–Crippen MR) is 82.1 cm³/mol. The van der Waals surface area contributed by atoms with Crippen molar-refractivity contribution in [2.45, 2.75) is 62.0 Å². The van der Waals surface area contributed by atoms with Gasteiger partial charge >= 0.3 is 0 Å². The van der Waals surface area contributed by atoms with Crippen LogP contribution in [0.4, 0.5) is 0 Å². The summed E-state index contributed by atoms with van der Waals surface area (Å²) in [6.07, 6.45) is -7.87. The molecule has 0 aromatic carbocycles. The SMILES string of the molecule is CC1(O)C(O)CC2C(C=O)=COC(OC3OC(CO)C(O)C(O)C3O)C21. The van der Waals surface area contributed by atoms with Crippen LogP contribution in [0.1, 0.15) is 13.3 Å². The van der Waals surface area contributed by atoms with Gasteiger partial charge in [-0.15, -0.1) is 0 Å². The number of hydrogen-bond donors (Lipinski definition) is 6. The Morgan fingerprint density at radius 3 is 2.54 bits per heavy atom. The molecule has 0 bridgehead atoms. The largest absolute Gasteiger partial charge is 0.472 e. The summed E-state index contributed by atoms with van der Waals surface area (Å²) < 4.78 is 16.2.